The summed E-state index contributed by atoms with van der Waals surface area (Å²) in [7, 11) is 0. The maximum absolute atomic E-state index is 11.7. The van der Waals surface area contributed by atoms with Gasteiger partial charge in [-0.15, -0.1) is 0 Å². The molecular weight excluding hydrogens is 260 g/mol. The Kier molecular flexibility index (Phi) is 3.10. The molecule has 0 saturated carbocycles. The van der Waals surface area contributed by atoms with E-state index in [1.54, 1.807) is 6.20 Å². The number of hydrogen-bond acceptors (Lipinski definition) is 4. The minimum Gasteiger partial charge on any atom is -0.389 e. The predicted octanol–water partition coefficient (Wildman–Crippen LogP) is 0.431. The van der Waals surface area contributed by atoms with Crippen LogP contribution in [0.15, 0.2) is 18.3 Å². The highest BCUT2D eigenvalue weighted by Crippen LogP contribution is 2.30. The van der Waals surface area contributed by atoms with Crippen LogP contribution in [-0.4, -0.2) is 35.0 Å². The van der Waals surface area contributed by atoms with E-state index in [2.05, 4.69) is 15.2 Å². The molecule has 2 aliphatic heterocycles. The van der Waals surface area contributed by atoms with Gasteiger partial charge in [0.15, 0.2) is 0 Å². The zero-order valence-corrected chi connectivity index (χ0v) is 11.3. The Morgan fingerprint density at radius 1 is 1.53 bits per heavy atom. The van der Waals surface area contributed by atoms with Gasteiger partial charge in [-0.3, -0.25) is 4.79 Å². The number of piperidine rings is 1. The molecule has 2 aliphatic rings. The van der Waals surface area contributed by atoms with Gasteiger partial charge in [-0.25, -0.2) is 4.98 Å². The Bertz CT molecular complexity index is 516. The molecule has 2 fully saturated rings. The first-order valence-corrected chi connectivity index (χ1v) is 6.88. The highest BCUT2D eigenvalue weighted by molar-refractivity contribution is 7.80. The second kappa shape index (κ2) is 4.77. The van der Waals surface area contributed by atoms with E-state index in [-0.39, 0.29) is 17.9 Å². The first-order valence-electron chi connectivity index (χ1n) is 6.47. The van der Waals surface area contributed by atoms with E-state index in [1.807, 2.05) is 12.1 Å². The second-order valence-electron chi connectivity index (χ2n) is 5.02. The fourth-order valence-corrected chi connectivity index (χ4v) is 3.06. The molecule has 1 amide bonds. The number of nitrogens with one attached hydrogen (secondary N) is 1. The molecule has 0 spiro atoms. The van der Waals surface area contributed by atoms with E-state index < -0.39 is 0 Å². The largest absolute Gasteiger partial charge is 0.389 e. The number of nitrogens with two attached hydrogens (primary N) is 1. The normalized spacial score (nSPS) is 25.9. The summed E-state index contributed by atoms with van der Waals surface area (Å²) in [5.74, 6) is 1.17. The van der Waals surface area contributed by atoms with E-state index in [9.17, 15) is 4.79 Å². The summed E-state index contributed by atoms with van der Waals surface area (Å²) in [6.07, 6.45) is 3.69. The van der Waals surface area contributed by atoms with E-state index in [0.29, 0.717) is 11.5 Å². The molecular formula is C13H16N4OS. The van der Waals surface area contributed by atoms with E-state index in [4.69, 9.17) is 18.0 Å². The maximum Gasteiger partial charge on any atom is 0.225 e. The lowest BCUT2D eigenvalue weighted by Gasteiger charge is -2.36. The summed E-state index contributed by atoms with van der Waals surface area (Å²) in [5.41, 5.74) is 6.34. The molecule has 1 aromatic rings. The van der Waals surface area contributed by atoms with Crippen LogP contribution in [0.5, 0.6) is 0 Å². The summed E-state index contributed by atoms with van der Waals surface area (Å²) in [5, 5.41) is 2.94. The molecule has 3 heterocycles. The number of rotatable bonds is 2. The van der Waals surface area contributed by atoms with Crippen LogP contribution in [0.2, 0.25) is 0 Å². The Morgan fingerprint density at radius 2 is 2.37 bits per heavy atom. The van der Waals surface area contributed by atoms with Gasteiger partial charge >= 0.3 is 0 Å². The number of carbonyl (C=O) groups excluding carboxylic acids is 1. The van der Waals surface area contributed by atoms with Crippen molar-refractivity contribution in [2.45, 2.75) is 18.9 Å². The van der Waals surface area contributed by atoms with Crippen LogP contribution >= 0.6 is 12.2 Å². The van der Waals surface area contributed by atoms with Crippen LogP contribution in [0.25, 0.3) is 0 Å². The summed E-state index contributed by atoms with van der Waals surface area (Å²) in [6.45, 7) is 1.65. The monoisotopic (exact) mass is 276 g/mol. The first kappa shape index (κ1) is 12.3. The molecule has 3 rings (SSSR count). The van der Waals surface area contributed by atoms with Crippen molar-refractivity contribution in [1.29, 1.82) is 0 Å². The van der Waals surface area contributed by atoms with Gasteiger partial charge in [0.2, 0.25) is 5.91 Å². The van der Waals surface area contributed by atoms with Crippen molar-refractivity contribution < 1.29 is 4.79 Å². The quantitative estimate of drug-likeness (QED) is 0.767. The molecule has 2 atom stereocenters. The maximum atomic E-state index is 11.7. The van der Waals surface area contributed by atoms with Crippen LogP contribution in [-0.2, 0) is 4.79 Å². The fraction of sp³-hybridized carbons (Fsp3) is 0.462. The van der Waals surface area contributed by atoms with Crippen LogP contribution in [0.1, 0.15) is 18.4 Å². The average Bonchev–Trinajstić information content (AvgIpc) is 2.81. The SMILES string of the molecule is NC(=S)c1ccc(N2CCCC3C(=O)NCC32)nc1. The lowest BCUT2D eigenvalue weighted by atomic mass is 9.91. The van der Waals surface area contributed by atoms with Crippen molar-refractivity contribution in [2.75, 3.05) is 18.0 Å². The number of pyridine rings is 1. The van der Waals surface area contributed by atoms with Crippen molar-refractivity contribution in [3.05, 3.63) is 23.9 Å². The van der Waals surface area contributed by atoms with Gasteiger partial charge < -0.3 is 16.0 Å². The van der Waals surface area contributed by atoms with Gasteiger partial charge in [0, 0.05) is 24.8 Å². The third-order valence-electron chi connectivity index (χ3n) is 3.93. The molecule has 6 heteroatoms. The third-order valence-corrected chi connectivity index (χ3v) is 4.16. The van der Waals surface area contributed by atoms with E-state index in [1.165, 1.54) is 0 Å². The number of hydrogen-bond donors (Lipinski definition) is 2. The zero-order chi connectivity index (χ0) is 13.4. The van der Waals surface area contributed by atoms with Crippen molar-refractivity contribution in [3.63, 3.8) is 0 Å². The number of nitrogens with zero attached hydrogens (tertiary/aromatic N) is 2. The van der Waals surface area contributed by atoms with Gasteiger partial charge in [-0.1, -0.05) is 12.2 Å². The molecule has 0 radical (unpaired) electrons. The number of anilines is 1. The second-order valence-corrected chi connectivity index (χ2v) is 5.46. The van der Waals surface area contributed by atoms with Gasteiger partial charge in [0.25, 0.3) is 0 Å². The zero-order valence-electron chi connectivity index (χ0n) is 10.5. The van der Waals surface area contributed by atoms with Gasteiger partial charge in [-0.05, 0) is 25.0 Å². The molecule has 1 aromatic heterocycles. The Balaban J connectivity index is 1.85. The number of aromatic nitrogens is 1. The summed E-state index contributed by atoms with van der Waals surface area (Å²) in [6, 6.07) is 4.04. The first-order chi connectivity index (χ1) is 9.16. The lowest BCUT2D eigenvalue weighted by molar-refractivity contribution is -0.122. The van der Waals surface area contributed by atoms with Crippen molar-refractivity contribution >= 4 is 28.9 Å². The van der Waals surface area contributed by atoms with Gasteiger partial charge in [-0.2, -0.15) is 0 Å². The molecule has 19 heavy (non-hydrogen) atoms. The van der Waals surface area contributed by atoms with E-state index in [0.717, 1.165) is 30.8 Å². The molecule has 0 aromatic carbocycles. The molecule has 2 unspecified atom stereocenters. The Labute approximate surface area is 117 Å². The third kappa shape index (κ3) is 2.16. The highest BCUT2D eigenvalue weighted by atomic mass is 32.1. The number of carbonyl (C=O) groups is 1. The molecule has 5 nitrogen and oxygen atoms in total. The standard InChI is InChI=1S/C13H16N4OS/c14-12(19)8-3-4-11(15-6-8)17-5-1-2-9-10(17)7-16-13(9)18/h3-4,6,9-10H,1-2,5,7H2,(H2,14,19)(H,16,18). The molecule has 100 valence electrons. The molecule has 0 bridgehead atoms. The predicted molar refractivity (Wildman–Crippen MR) is 77.0 cm³/mol. The van der Waals surface area contributed by atoms with Crippen LogP contribution in [0.3, 0.4) is 0 Å². The molecule has 0 aliphatic carbocycles. The van der Waals surface area contributed by atoms with Crippen molar-refractivity contribution in [3.8, 4) is 0 Å². The minimum absolute atomic E-state index is 0.103. The average molecular weight is 276 g/mol. The number of amides is 1. The smallest absolute Gasteiger partial charge is 0.225 e. The van der Waals surface area contributed by atoms with E-state index >= 15 is 0 Å². The van der Waals surface area contributed by atoms with Crippen molar-refractivity contribution in [2.24, 2.45) is 11.7 Å². The highest BCUT2D eigenvalue weighted by Gasteiger charge is 2.41. The summed E-state index contributed by atoms with van der Waals surface area (Å²) < 4.78 is 0. The fourth-order valence-electron chi connectivity index (χ4n) is 2.94. The number of thiocarbonyl (C=S) groups is 1. The van der Waals surface area contributed by atoms with Crippen LogP contribution in [0.4, 0.5) is 5.82 Å². The lowest BCUT2D eigenvalue weighted by Crippen LogP contribution is -2.46. The summed E-state index contributed by atoms with van der Waals surface area (Å²) in [4.78, 5) is 18.7. The molecule has 2 saturated heterocycles. The number of fused-ring (bicyclic) bond motifs is 1. The topological polar surface area (TPSA) is 71.2 Å². The van der Waals surface area contributed by atoms with Gasteiger partial charge in [0.05, 0.1) is 12.0 Å². The van der Waals surface area contributed by atoms with Gasteiger partial charge in [0.1, 0.15) is 10.8 Å². The molecule has 3 N–H and O–H groups in total. The van der Waals surface area contributed by atoms with Crippen molar-refractivity contribution in [1.82, 2.24) is 10.3 Å². The van der Waals surface area contributed by atoms with Crippen LogP contribution in [0, 0.1) is 5.92 Å². The minimum atomic E-state index is 0.103. The Morgan fingerprint density at radius 3 is 3.05 bits per heavy atom. The Hall–Kier alpha value is -1.69. The summed E-state index contributed by atoms with van der Waals surface area (Å²) >= 11 is 4.92. The van der Waals surface area contributed by atoms with Crippen LogP contribution < -0.4 is 16.0 Å².